The topological polar surface area (TPSA) is 69.0 Å². The molecule has 2 aromatic heterocycles. The number of anilines is 1. The highest BCUT2D eigenvalue weighted by Gasteiger charge is 2.13. The van der Waals surface area contributed by atoms with E-state index in [-0.39, 0.29) is 5.91 Å². The van der Waals surface area contributed by atoms with E-state index in [2.05, 4.69) is 15.3 Å². The predicted octanol–water partition coefficient (Wildman–Crippen LogP) is 4.55. The zero-order valence-electron chi connectivity index (χ0n) is 15.3. The van der Waals surface area contributed by atoms with Gasteiger partial charge in [0, 0.05) is 30.1 Å². The van der Waals surface area contributed by atoms with Crippen molar-refractivity contribution < 1.29 is 9.53 Å². The van der Waals surface area contributed by atoms with E-state index in [9.17, 15) is 4.79 Å². The normalized spacial score (nSPS) is 10.8. The van der Waals surface area contributed by atoms with Gasteiger partial charge in [-0.3, -0.25) is 4.79 Å². The number of ether oxygens (including phenoxy) is 1. The number of hydrogen-bond donors (Lipinski definition) is 1. The molecule has 7 heteroatoms. The number of rotatable bonds is 4. The van der Waals surface area contributed by atoms with E-state index in [1.807, 2.05) is 41.9 Å². The van der Waals surface area contributed by atoms with Gasteiger partial charge >= 0.3 is 0 Å². The monoisotopic (exact) mass is 392 g/mol. The fourth-order valence-electron chi connectivity index (χ4n) is 3.03. The molecule has 1 amide bonds. The van der Waals surface area contributed by atoms with E-state index in [1.54, 1.807) is 37.6 Å². The van der Waals surface area contributed by atoms with Crippen molar-refractivity contribution in [1.29, 1.82) is 0 Å². The van der Waals surface area contributed by atoms with Crippen LogP contribution in [0.1, 0.15) is 10.4 Å². The van der Waals surface area contributed by atoms with Crippen LogP contribution in [0, 0.1) is 0 Å². The van der Waals surface area contributed by atoms with Crippen molar-refractivity contribution >= 4 is 34.4 Å². The van der Waals surface area contributed by atoms with E-state index < -0.39 is 0 Å². The van der Waals surface area contributed by atoms with E-state index in [4.69, 9.17) is 16.3 Å². The van der Waals surface area contributed by atoms with Crippen LogP contribution in [0.2, 0.25) is 5.02 Å². The third-order valence-corrected chi connectivity index (χ3v) is 4.72. The molecule has 0 saturated heterocycles. The van der Waals surface area contributed by atoms with E-state index >= 15 is 0 Å². The number of aromatic nitrogens is 3. The minimum absolute atomic E-state index is 0.236. The molecule has 0 aliphatic carbocycles. The number of methoxy groups -OCH3 is 1. The lowest BCUT2D eigenvalue weighted by Crippen LogP contribution is -2.12. The highest BCUT2D eigenvalue weighted by molar-refractivity contribution is 6.32. The van der Waals surface area contributed by atoms with Crippen LogP contribution in [-0.2, 0) is 7.05 Å². The lowest BCUT2D eigenvalue weighted by Gasteiger charge is -2.09. The molecule has 0 fully saturated rings. The molecule has 0 radical (unpaired) electrons. The molecule has 28 heavy (non-hydrogen) atoms. The second-order valence-corrected chi connectivity index (χ2v) is 6.63. The third kappa shape index (κ3) is 3.30. The smallest absolute Gasteiger partial charge is 0.255 e. The summed E-state index contributed by atoms with van der Waals surface area (Å²) < 4.78 is 7.04. The molecule has 2 aromatic carbocycles. The molecular formula is C21H17ClN4O2. The zero-order chi connectivity index (χ0) is 19.7. The summed E-state index contributed by atoms with van der Waals surface area (Å²) in [5.41, 5.74) is 3.54. The first-order valence-corrected chi connectivity index (χ1v) is 8.97. The van der Waals surface area contributed by atoms with Crippen molar-refractivity contribution in [1.82, 2.24) is 14.5 Å². The molecule has 0 aliphatic rings. The number of imidazole rings is 1. The number of hydrogen-bond acceptors (Lipinski definition) is 4. The summed E-state index contributed by atoms with van der Waals surface area (Å²) in [6, 6.07) is 16.2. The summed E-state index contributed by atoms with van der Waals surface area (Å²) in [5, 5.41) is 3.28. The lowest BCUT2D eigenvalue weighted by atomic mass is 10.1. The molecule has 140 valence electrons. The van der Waals surface area contributed by atoms with Gasteiger partial charge in [-0.15, -0.1) is 0 Å². The Morgan fingerprint density at radius 1 is 1.14 bits per heavy atom. The number of halogens is 1. The van der Waals surface area contributed by atoms with Crippen LogP contribution in [0.3, 0.4) is 0 Å². The largest absolute Gasteiger partial charge is 0.495 e. The second-order valence-electron chi connectivity index (χ2n) is 6.22. The number of fused-ring (bicyclic) bond motifs is 1. The Labute approximate surface area is 166 Å². The van der Waals surface area contributed by atoms with Crippen molar-refractivity contribution in [2.75, 3.05) is 12.4 Å². The van der Waals surface area contributed by atoms with Gasteiger partial charge < -0.3 is 14.6 Å². The van der Waals surface area contributed by atoms with E-state index in [1.165, 1.54) is 0 Å². The molecule has 4 aromatic rings. The summed E-state index contributed by atoms with van der Waals surface area (Å²) in [5.74, 6) is 1.06. The Morgan fingerprint density at radius 2 is 2.00 bits per heavy atom. The Balaban J connectivity index is 1.63. The summed E-state index contributed by atoms with van der Waals surface area (Å²) >= 11 is 6.13. The van der Waals surface area contributed by atoms with Crippen LogP contribution < -0.4 is 10.1 Å². The highest BCUT2D eigenvalue weighted by Crippen LogP contribution is 2.28. The quantitative estimate of drug-likeness (QED) is 0.553. The molecule has 0 bridgehead atoms. The van der Waals surface area contributed by atoms with Crippen molar-refractivity contribution in [3.05, 3.63) is 71.4 Å². The van der Waals surface area contributed by atoms with Gasteiger partial charge in [-0.2, -0.15) is 0 Å². The number of nitrogens with zero attached hydrogens (tertiary/aromatic N) is 3. The Bertz CT molecular complexity index is 1190. The third-order valence-electron chi connectivity index (χ3n) is 4.42. The first kappa shape index (κ1) is 18.0. The Hall–Kier alpha value is -3.38. The van der Waals surface area contributed by atoms with Gasteiger partial charge in [-0.25, -0.2) is 9.97 Å². The molecule has 6 nitrogen and oxygen atoms in total. The van der Waals surface area contributed by atoms with Gasteiger partial charge in [0.1, 0.15) is 17.1 Å². The van der Waals surface area contributed by atoms with Crippen LogP contribution in [0.15, 0.2) is 60.8 Å². The molecular weight excluding hydrogens is 376 g/mol. The molecule has 0 atom stereocenters. The maximum atomic E-state index is 12.7. The van der Waals surface area contributed by atoms with Gasteiger partial charge in [0.25, 0.3) is 5.91 Å². The Morgan fingerprint density at radius 3 is 2.75 bits per heavy atom. The zero-order valence-corrected chi connectivity index (χ0v) is 16.1. The first-order valence-electron chi connectivity index (χ1n) is 8.59. The fraction of sp³-hybridized carbons (Fsp3) is 0.0952. The average molecular weight is 393 g/mol. The minimum Gasteiger partial charge on any atom is -0.495 e. The molecule has 1 N–H and O–H groups in total. The SMILES string of the molecule is COc1ccc(NC(=O)c2cccc(-c3nc4cccnc4n3C)c2)cc1Cl. The first-order chi connectivity index (χ1) is 13.6. The van der Waals surface area contributed by atoms with Gasteiger partial charge in [-0.1, -0.05) is 23.7 Å². The van der Waals surface area contributed by atoms with Crippen LogP contribution in [0.4, 0.5) is 5.69 Å². The maximum Gasteiger partial charge on any atom is 0.255 e. The van der Waals surface area contributed by atoms with Crippen LogP contribution in [-0.4, -0.2) is 27.6 Å². The molecule has 0 aliphatic heterocycles. The van der Waals surface area contributed by atoms with Gasteiger partial charge in [0.05, 0.1) is 12.1 Å². The Kier molecular flexibility index (Phi) is 4.71. The number of nitrogens with one attached hydrogen (secondary N) is 1. The van der Waals surface area contributed by atoms with Gasteiger partial charge in [0.15, 0.2) is 5.65 Å². The summed E-state index contributed by atoms with van der Waals surface area (Å²) in [7, 11) is 3.45. The van der Waals surface area contributed by atoms with Crippen molar-refractivity contribution in [3.63, 3.8) is 0 Å². The lowest BCUT2D eigenvalue weighted by molar-refractivity contribution is 0.102. The summed E-state index contributed by atoms with van der Waals surface area (Å²) in [6.07, 6.45) is 1.73. The average Bonchev–Trinajstić information content (AvgIpc) is 3.05. The number of carbonyl (C=O) groups excluding carboxylic acids is 1. The minimum atomic E-state index is -0.236. The molecule has 2 heterocycles. The molecule has 0 spiro atoms. The van der Waals surface area contributed by atoms with Crippen molar-refractivity contribution in [3.8, 4) is 17.1 Å². The van der Waals surface area contributed by atoms with Gasteiger partial charge in [0.2, 0.25) is 0 Å². The number of carbonyl (C=O) groups is 1. The van der Waals surface area contributed by atoms with Crippen molar-refractivity contribution in [2.45, 2.75) is 0 Å². The standard InChI is InChI=1S/C21H17ClN4O2/c1-26-19(25-17-7-4-10-23-20(17)26)13-5-3-6-14(11-13)21(27)24-15-8-9-18(28-2)16(22)12-15/h3-12H,1-2H3,(H,24,27). The number of aryl methyl sites for hydroxylation is 1. The number of benzene rings is 2. The molecule has 0 unspecified atom stereocenters. The van der Waals surface area contributed by atoms with E-state index in [0.29, 0.717) is 22.0 Å². The predicted molar refractivity (Wildman–Crippen MR) is 110 cm³/mol. The molecule has 0 saturated carbocycles. The highest BCUT2D eigenvalue weighted by atomic mass is 35.5. The van der Waals surface area contributed by atoms with Crippen LogP contribution in [0.5, 0.6) is 5.75 Å². The van der Waals surface area contributed by atoms with E-state index in [0.717, 1.165) is 22.6 Å². The molecule has 4 rings (SSSR count). The van der Waals surface area contributed by atoms with Crippen LogP contribution >= 0.6 is 11.6 Å². The maximum absolute atomic E-state index is 12.7. The van der Waals surface area contributed by atoms with Gasteiger partial charge in [-0.05, 0) is 42.5 Å². The summed E-state index contributed by atoms with van der Waals surface area (Å²) in [6.45, 7) is 0. The van der Waals surface area contributed by atoms with Crippen LogP contribution in [0.25, 0.3) is 22.6 Å². The summed E-state index contributed by atoms with van der Waals surface area (Å²) in [4.78, 5) is 21.7. The fourth-order valence-corrected chi connectivity index (χ4v) is 3.29. The number of pyridine rings is 1. The number of amides is 1. The van der Waals surface area contributed by atoms with Crippen molar-refractivity contribution in [2.24, 2.45) is 7.05 Å². The second kappa shape index (κ2) is 7.32.